The summed E-state index contributed by atoms with van der Waals surface area (Å²) < 4.78 is 5.31. The van der Waals surface area contributed by atoms with Crippen molar-refractivity contribution in [2.45, 2.75) is 32.3 Å². The molecule has 0 radical (unpaired) electrons. The van der Waals surface area contributed by atoms with Crippen molar-refractivity contribution in [1.29, 1.82) is 0 Å². The van der Waals surface area contributed by atoms with Crippen LogP contribution in [0.5, 0.6) is 0 Å². The number of rotatable bonds is 4. The number of pyridine rings is 1. The van der Waals surface area contributed by atoms with Crippen molar-refractivity contribution in [1.82, 2.24) is 10.3 Å². The predicted octanol–water partition coefficient (Wildman–Crippen LogP) is 2.54. The van der Waals surface area contributed by atoms with Crippen LogP contribution in [0.15, 0.2) is 34.9 Å². The second kappa shape index (κ2) is 6.32. The van der Waals surface area contributed by atoms with Crippen LogP contribution in [0.1, 0.15) is 35.3 Å². The molecule has 5 heteroatoms. The highest BCUT2D eigenvalue weighted by molar-refractivity contribution is 5.95. The number of nitrogens with zero attached hydrogens (tertiary/aromatic N) is 1. The summed E-state index contributed by atoms with van der Waals surface area (Å²) in [6, 6.07) is 7.19. The van der Waals surface area contributed by atoms with Crippen LogP contribution in [0.25, 0.3) is 11.5 Å². The van der Waals surface area contributed by atoms with Gasteiger partial charge >= 0.3 is 0 Å². The van der Waals surface area contributed by atoms with Crippen LogP contribution in [-0.2, 0) is 0 Å². The first-order valence-corrected chi connectivity index (χ1v) is 7.63. The molecule has 1 aliphatic rings. The number of amides is 1. The van der Waals surface area contributed by atoms with E-state index in [1.807, 2.05) is 13.0 Å². The second-order valence-corrected chi connectivity index (χ2v) is 5.78. The highest BCUT2D eigenvalue weighted by Crippen LogP contribution is 2.25. The molecule has 0 saturated heterocycles. The Morgan fingerprint density at radius 2 is 2.27 bits per heavy atom. The highest BCUT2D eigenvalue weighted by atomic mass is 16.3. The maximum Gasteiger partial charge on any atom is 0.253 e. The van der Waals surface area contributed by atoms with E-state index >= 15 is 0 Å². The van der Waals surface area contributed by atoms with Crippen LogP contribution in [-0.4, -0.2) is 28.6 Å². The van der Waals surface area contributed by atoms with Crippen LogP contribution >= 0.6 is 0 Å². The molecule has 2 aromatic heterocycles. The monoisotopic (exact) mass is 300 g/mol. The van der Waals surface area contributed by atoms with Crippen molar-refractivity contribution in [3.05, 3.63) is 41.8 Å². The van der Waals surface area contributed by atoms with E-state index in [-0.39, 0.29) is 17.9 Å². The van der Waals surface area contributed by atoms with Crippen LogP contribution in [0.4, 0.5) is 0 Å². The Morgan fingerprint density at radius 1 is 1.41 bits per heavy atom. The van der Waals surface area contributed by atoms with Gasteiger partial charge in [0.15, 0.2) is 5.76 Å². The minimum atomic E-state index is -0.291. The molecule has 1 amide bonds. The lowest BCUT2D eigenvalue weighted by Crippen LogP contribution is -2.32. The standard InChI is InChI=1S/C17H20N2O3/c1-11-13(7-8-14(19-11)16-6-3-9-22-16)17(21)18-10-12-4-2-5-15(12)20/h3,6-9,12,15,20H,2,4-5,10H2,1H3,(H,18,21). The minimum absolute atomic E-state index is 0.143. The second-order valence-electron chi connectivity index (χ2n) is 5.78. The summed E-state index contributed by atoms with van der Waals surface area (Å²) in [6.07, 6.45) is 4.13. The Bertz CT molecular complexity index is 652. The number of carbonyl (C=O) groups is 1. The van der Waals surface area contributed by atoms with Gasteiger partial charge in [-0.2, -0.15) is 0 Å². The zero-order valence-corrected chi connectivity index (χ0v) is 12.6. The number of aromatic nitrogens is 1. The SMILES string of the molecule is Cc1nc(-c2ccco2)ccc1C(=O)NCC1CCCC1O. The van der Waals surface area contributed by atoms with Gasteiger partial charge in [0.1, 0.15) is 5.69 Å². The number of hydrogen-bond acceptors (Lipinski definition) is 4. The molecule has 2 heterocycles. The summed E-state index contributed by atoms with van der Waals surface area (Å²) >= 11 is 0. The maximum absolute atomic E-state index is 12.3. The van der Waals surface area contributed by atoms with E-state index < -0.39 is 0 Å². The van der Waals surface area contributed by atoms with Crippen molar-refractivity contribution in [2.75, 3.05) is 6.54 Å². The molecule has 0 bridgehead atoms. The topological polar surface area (TPSA) is 75.4 Å². The summed E-state index contributed by atoms with van der Waals surface area (Å²) in [5.74, 6) is 0.707. The first kappa shape index (κ1) is 14.8. The van der Waals surface area contributed by atoms with Gasteiger partial charge in [0.25, 0.3) is 5.91 Å². The van der Waals surface area contributed by atoms with Crippen molar-refractivity contribution in [3.8, 4) is 11.5 Å². The lowest BCUT2D eigenvalue weighted by Gasteiger charge is -2.15. The van der Waals surface area contributed by atoms with Crippen molar-refractivity contribution >= 4 is 5.91 Å². The molecule has 0 spiro atoms. The molecule has 5 nitrogen and oxygen atoms in total. The molecular formula is C17H20N2O3. The third-order valence-electron chi connectivity index (χ3n) is 4.25. The van der Waals surface area contributed by atoms with Gasteiger partial charge in [-0.15, -0.1) is 0 Å². The quantitative estimate of drug-likeness (QED) is 0.910. The maximum atomic E-state index is 12.3. The average Bonchev–Trinajstić information content (AvgIpc) is 3.16. The molecule has 1 saturated carbocycles. The summed E-state index contributed by atoms with van der Waals surface area (Å²) in [6.45, 7) is 2.32. The van der Waals surface area contributed by atoms with Gasteiger partial charge in [-0.05, 0) is 44.0 Å². The van der Waals surface area contributed by atoms with E-state index in [4.69, 9.17) is 4.42 Å². The van der Waals surface area contributed by atoms with Gasteiger partial charge in [-0.3, -0.25) is 4.79 Å². The van der Waals surface area contributed by atoms with E-state index in [2.05, 4.69) is 10.3 Å². The molecule has 3 rings (SSSR count). The van der Waals surface area contributed by atoms with E-state index in [9.17, 15) is 9.90 Å². The van der Waals surface area contributed by atoms with E-state index in [1.54, 1.807) is 24.5 Å². The molecule has 1 fully saturated rings. The fraction of sp³-hybridized carbons (Fsp3) is 0.412. The van der Waals surface area contributed by atoms with Gasteiger partial charge in [0, 0.05) is 12.5 Å². The Labute approximate surface area is 129 Å². The van der Waals surface area contributed by atoms with Crippen LogP contribution in [0.3, 0.4) is 0 Å². The summed E-state index contributed by atoms with van der Waals surface area (Å²) in [7, 11) is 0. The number of nitrogens with one attached hydrogen (secondary N) is 1. The molecule has 0 aromatic carbocycles. The molecule has 2 atom stereocenters. The fourth-order valence-corrected chi connectivity index (χ4v) is 2.94. The molecular weight excluding hydrogens is 280 g/mol. The number of aliphatic hydroxyl groups excluding tert-OH is 1. The summed E-state index contributed by atoms with van der Waals surface area (Å²) in [5, 5.41) is 12.7. The molecule has 2 aromatic rings. The minimum Gasteiger partial charge on any atom is -0.463 e. The molecule has 0 aliphatic heterocycles. The van der Waals surface area contributed by atoms with E-state index in [0.717, 1.165) is 19.3 Å². The number of aryl methyl sites for hydroxylation is 1. The third-order valence-corrected chi connectivity index (χ3v) is 4.25. The van der Waals surface area contributed by atoms with Crippen molar-refractivity contribution in [2.24, 2.45) is 5.92 Å². The largest absolute Gasteiger partial charge is 0.463 e. The van der Waals surface area contributed by atoms with Crippen LogP contribution in [0, 0.1) is 12.8 Å². The normalized spacial score (nSPS) is 21.0. The Balaban J connectivity index is 1.67. The van der Waals surface area contributed by atoms with E-state index in [1.165, 1.54) is 0 Å². The lowest BCUT2D eigenvalue weighted by molar-refractivity contribution is 0.0916. The van der Waals surface area contributed by atoms with Gasteiger partial charge in [0.05, 0.1) is 23.6 Å². The average molecular weight is 300 g/mol. The number of aliphatic hydroxyl groups is 1. The van der Waals surface area contributed by atoms with E-state index in [0.29, 0.717) is 29.3 Å². The van der Waals surface area contributed by atoms with Gasteiger partial charge < -0.3 is 14.8 Å². The molecule has 22 heavy (non-hydrogen) atoms. The number of carbonyl (C=O) groups excluding carboxylic acids is 1. The Kier molecular flexibility index (Phi) is 4.24. The zero-order chi connectivity index (χ0) is 15.5. The smallest absolute Gasteiger partial charge is 0.253 e. The van der Waals surface area contributed by atoms with Crippen LogP contribution < -0.4 is 5.32 Å². The lowest BCUT2D eigenvalue weighted by atomic mass is 10.1. The molecule has 116 valence electrons. The first-order chi connectivity index (χ1) is 10.6. The number of furan rings is 1. The summed E-state index contributed by atoms with van der Waals surface area (Å²) in [5.41, 5.74) is 1.94. The van der Waals surface area contributed by atoms with Gasteiger partial charge in [0.2, 0.25) is 0 Å². The zero-order valence-electron chi connectivity index (χ0n) is 12.6. The third kappa shape index (κ3) is 3.04. The van der Waals surface area contributed by atoms with Gasteiger partial charge in [-0.25, -0.2) is 4.98 Å². The van der Waals surface area contributed by atoms with Crippen molar-refractivity contribution < 1.29 is 14.3 Å². The summed E-state index contributed by atoms with van der Waals surface area (Å²) in [4.78, 5) is 16.7. The Morgan fingerprint density at radius 3 is 2.91 bits per heavy atom. The van der Waals surface area contributed by atoms with Gasteiger partial charge in [-0.1, -0.05) is 6.42 Å². The van der Waals surface area contributed by atoms with Crippen LogP contribution in [0.2, 0.25) is 0 Å². The number of hydrogen-bond donors (Lipinski definition) is 2. The Hall–Kier alpha value is -2.14. The molecule has 2 N–H and O–H groups in total. The highest BCUT2D eigenvalue weighted by Gasteiger charge is 2.25. The first-order valence-electron chi connectivity index (χ1n) is 7.63. The van der Waals surface area contributed by atoms with Crippen molar-refractivity contribution in [3.63, 3.8) is 0 Å². The molecule has 2 unspecified atom stereocenters. The fourth-order valence-electron chi connectivity index (χ4n) is 2.94. The molecule has 1 aliphatic carbocycles. The predicted molar refractivity (Wildman–Crippen MR) is 82.4 cm³/mol.